The van der Waals surface area contributed by atoms with Gasteiger partial charge in [-0.15, -0.1) is 24.0 Å². The van der Waals surface area contributed by atoms with Gasteiger partial charge >= 0.3 is 0 Å². The molecule has 31 heavy (non-hydrogen) atoms. The predicted octanol–water partition coefficient (Wildman–Crippen LogP) is 4.57. The van der Waals surface area contributed by atoms with Crippen molar-refractivity contribution in [3.63, 3.8) is 0 Å². The second-order valence-electron chi connectivity index (χ2n) is 6.97. The van der Waals surface area contributed by atoms with Crippen molar-refractivity contribution in [2.24, 2.45) is 4.99 Å². The molecule has 0 bridgehead atoms. The lowest BCUT2D eigenvalue weighted by molar-refractivity contribution is 0.105. The summed E-state index contributed by atoms with van der Waals surface area (Å²) >= 11 is 0. The summed E-state index contributed by atoms with van der Waals surface area (Å²) in [6.07, 6.45) is 4.35. The maximum absolute atomic E-state index is 5.69. The Kier molecular flexibility index (Phi) is 10.9. The molecule has 0 fully saturated rings. The molecule has 2 heterocycles. The second-order valence-corrected chi connectivity index (χ2v) is 6.97. The van der Waals surface area contributed by atoms with Crippen LogP contribution in [0.5, 0.6) is 5.75 Å². The average Bonchev–Trinajstić information content (AvgIpc) is 3.43. The van der Waals surface area contributed by atoms with Crippen molar-refractivity contribution in [3.8, 4) is 5.75 Å². The van der Waals surface area contributed by atoms with Gasteiger partial charge in [-0.2, -0.15) is 5.10 Å². The lowest BCUT2D eigenvalue weighted by atomic mass is 10.3. The number of hydrogen-bond donors (Lipinski definition) is 3. The van der Waals surface area contributed by atoms with Crippen LogP contribution in [0.4, 0.5) is 5.69 Å². The highest BCUT2D eigenvalue weighted by Gasteiger charge is 2.03. The number of nitrogens with one attached hydrogen (secondary N) is 3. The fourth-order valence-corrected chi connectivity index (χ4v) is 2.65. The van der Waals surface area contributed by atoms with E-state index in [-0.39, 0.29) is 30.1 Å². The molecule has 0 unspecified atom stereocenters. The summed E-state index contributed by atoms with van der Waals surface area (Å²) in [5, 5.41) is 13.6. The molecule has 0 atom stereocenters. The molecule has 0 aliphatic carbocycles. The van der Waals surface area contributed by atoms with Crippen molar-refractivity contribution in [1.29, 1.82) is 0 Å². The molecule has 1 aromatic carbocycles. The van der Waals surface area contributed by atoms with Gasteiger partial charge in [0.25, 0.3) is 0 Å². The second kappa shape index (κ2) is 13.7. The van der Waals surface area contributed by atoms with Crippen LogP contribution in [0.15, 0.2) is 64.3 Å². The van der Waals surface area contributed by atoms with Crippen LogP contribution < -0.4 is 15.4 Å². The Hall–Kier alpha value is -2.53. The van der Waals surface area contributed by atoms with Crippen LogP contribution in [-0.2, 0) is 17.9 Å². The quantitative estimate of drug-likeness (QED) is 0.143. The number of aromatic amines is 1. The molecule has 2 aromatic heterocycles. The first kappa shape index (κ1) is 24.7. The highest BCUT2D eigenvalue weighted by atomic mass is 127. The molecule has 168 valence electrons. The number of aliphatic imine (C=N–C) groups is 1. The first-order valence-corrected chi connectivity index (χ1v) is 10.1. The Morgan fingerprint density at radius 3 is 2.71 bits per heavy atom. The third-order valence-electron chi connectivity index (χ3n) is 4.04. The third kappa shape index (κ3) is 9.43. The van der Waals surface area contributed by atoms with E-state index in [1.165, 1.54) is 0 Å². The van der Waals surface area contributed by atoms with Gasteiger partial charge in [0.1, 0.15) is 18.1 Å². The van der Waals surface area contributed by atoms with E-state index < -0.39 is 0 Å². The molecule has 3 N–H and O–H groups in total. The smallest absolute Gasteiger partial charge is 0.196 e. The molecular formula is C22H30IN5O3. The summed E-state index contributed by atoms with van der Waals surface area (Å²) in [4.78, 5) is 4.63. The molecule has 8 nitrogen and oxygen atoms in total. The van der Waals surface area contributed by atoms with Crippen LogP contribution in [0.2, 0.25) is 0 Å². The van der Waals surface area contributed by atoms with E-state index in [4.69, 9.17) is 13.9 Å². The van der Waals surface area contributed by atoms with E-state index >= 15 is 0 Å². The maximum Gasteiger partial charge on any atom is 0.196 e. The summed E-state index contributed by atoms with van der Waals surface area (Å²) in [6.45, 7) is 6.35. The number of halogens is 1. The molecule has 0 spiro atoms. The van der Waals surface area contributed by atoms with Crippen LogP contribution in [0.1, 0.15) is 31.7 Å². The van der Waals surface area contributed by atoms with Gasteiger partial charge in [0, 0.05) is 25.0 Å². The van der Waals surface area contributed by atoms with Crippen LogP contribution in [0, 0.1) is 0 Å². The van der Waals surface area contributed by atoms with Gasteiger partial charge < -0.3 is 24.5 Å². The fourth-order valence-electron chi connectivity index (χ4n) is 2.65. The van der Waals surface area contributed by atoms with Crippen LogP contribution in [0.25, 0.3) is 0 Å². The molecule has 0 aliphatic rings. The summed E-state index contributed by atoms with van der Waals surface area (Å²) in [5.74, 6) is 2.36. The summed E-state index contributed by atoms with van der Waals surface area (Å²) in [6, 6.07) is 13.5. The van der Waals surface area contributed by atoms with Crippen molar-refractivity contribution >= 4 is 35.6 Å². The molecule has 0 saturated carbocycles. The highest BCUT2D eigenvalue weighted by Crippen LogP contribution is 2.17. The van der Waals surface area contributed by atoms with Crippen LogP contribution >= 0.6 is 24.0 Å². The Morgan fingerprint density at radius 2 is 2.03 bits per heavy atom. The maximum atomic E-state index is 5.69. The minimum atomic E-state index is 0. The van der Waals surface area contributed by atoms with Gasteiger partial charge in [-0.1, -0.05) is 0 Å². The van der Waals surface area contributed by atoms with Gasteiger partial charge in [0.2, 0.25) is 0 Å². The Morgan fingerprint density at radius 1 is 1.19 bits per heavy atom. The lowest BCUT2D eigenvalue weighted by Gasteiger charge is -2.14. The van der Waals surface area contributed by atoms with Crippen molar-refractivity contribution < 1.29 is 13.9 Å². The number of furan rings is 1. The van der Waals surface area contributed by atoms with E-state index in [2.05, 4.69) is 25.8 Å². The number of aromatic nitrogens is 2. The predicted molar refractivity (Wildman–Crippen MR) is 132 cm³/mol. The van der Waals surface area contributed by atoms with Crippen molar-refractivity contribution in [2.45, 2.75) is 39.5 Å². The Labute approximate surface area is 199 Å². The SMILES string of the molecule is CC(C)Oc1ccc(NC(=NCc2ccn[nH]2)NCCCOCc2ccco2)cc1.I. The van der Waals surface area contributed by atoms with Crippen molar-refractivity contribution in [3.05, 3.63) is 66.4 Å². The molecular weight excluding hydrogens is 509 g/mol. The minimum Gasteiger partial charge on any atom is -0.491 e. The first-order valence-electron chi connectivity index (χ1n) is 10.1. The molecule has 3 aromatic rings. The van der Waals surface area contributed by atoms with E-state index in [0.717, 1.165) is 35.9 Å². The minimum absolute atomic E-state index is 0. The number of rotatable bonds is 11. The van der Waals surface area contributed by atoms with E-state index in [0.29, 0.717) is 25.7 Å². The molecule has 3 rings (SSSR count). The van der Waals surface area contributed by atoms with Gasteiger partial charge in [0.15, 0.2) is 5.96 Å². The molecule has 0 amide bonds. The van der Waals surface area contributed by atoms with Gasteiger partial charge in [0.05, 0.1) is 24.6 Å². The summed E-state index contributed by atoms with van der Waals surface area (Å²) in [5.41, 5.74) is 1.87. The fraction of sp³-hybridized carbons (Fsp3) is 0.364. The number of ether oxygens (including phenoxy) is 2. The van der Waals surface area contributed by atoms with Crippen molar-refractivity contribution in [2.75, 3.05) is 18.5 Å². The largest absolute Gasteiger partial charge is 0.491 e. The zero-order valence-corrected chi connectivity index (χ0v) is 20.2. The summed E-state index contributed by atoms with van der Waals surface area (Å²) in [7, 11) is 0. The first-order chi connectivity index (χ1) is 14.7. The molecule has 0 saturated heterocycles. The number of benzene rings is 1. The molecule has 0 radical (unpaired) electrons. The van der Waals surface area contributed by atoms with E-state index in [1.807, 2.05) is 56.3 Å². The Balaban J connectivity index is 0.00000341. The van der Waals surface area contributed by atoms with E-state index in [9.17, 15) is 0 Å². The number of guanidine groups is 1. The summed E-state index contributed by atoms with van der Waals surface area (Å²) < 4.78 is 16.6. The zero-order valence-electron chi connectivity index (χ0n) is 17.8. The van der Waals surface area contributed by atoms with Gasteiger partial charge in [-0.3, -0.25) is 5.10 Å². The van der Waals surface area contributed by atoms with Crippen molar-refractivity contribution in [1.82, 2.24) is 15.5 Å². The monoisotopic (exact) mass is 539 g/mol. The van der Waals surface area contributed by atoms with E-state index in [1.54, 1.807) is 12.5 Å². The van der Waals surface area contributed by atoms with Crippen LogP contribution in [-0.4, -0.2) is 35.4 Å². The highest BCUT2D eigenvalue weighted by molar-refractivity contribution is 14.0. The zero-order chi connectivity index (χ0) is 21.0. The lowest BCUT2D eigenvalue weighted by Crippen LogP contribution is -2.32. The molecule has 0 aliphatic heterocycles. The number of anilines is 1. The number of hydrogen-bond acceptors (Lipinski definition) is 5. The average molecular weight is 539 g/mol. The topological polar surface area (TPSA) is 96.7 Å². The van der Waals surface area contributed by atoms with Gasteiger partial charge in [-0.05, 0) is 62.7 Å². The standard InChI is InChI=1S/C22H29N5O3.HI/c1-17(2)30-20-8-6-18(7-9-20)26-22(24-15-19-10-12-25-27-19)23-11-4-13-28-16-21-5-3-14-29-21;/h3,5-10,12,14,17H,4,11,13,15-16H2,1-2H3,(H,25,27)(H2,23,24,26);1H. The van der Waals surface area contributed by atoms with Crippen LogP contribution in [0.3, 0.4) is 0 Å². The number of H-pyrrole nitrogens is 1. The Bertz CT molecular complexity index is 865. The third-order valence-corrected chi connectivity index (χ3v) is 4.04. The molecule has 9 heteroatoms. The number of nitrogens with zero attached hydrogens (tertiary/aromatic N) is 2. The van der Waals surface area contributed by atoms with Gasteiger partial charge in [-0.25, -0.2) is 4.99 Å². The normalized spacial score (nSPS) is 11.3.